The van der Waals surface area contributed by atoms with Crippen molar-refractivity contribution in [1.29, 1.82) is 0 Å². The van der Waals surface area contributed by atoms with Crippen LogP contribution in [0.15, 0.2) is 114 Å². The van der Waals surface area contributed by atoms with Crippen LogP contribution in [-0.2, 0) is 27.5 Å². The number of aryl methyl sites for hydroxylation is 1. The maximum atomic E-state index is 14.9. The summed E-state index contributed by atoms with van der Waals surface area (Å²) in [6, 6.07) is 21.4. The summed E-state index contributed by atoms with van der Waals surface area (Å²) < 4.78 is 32.5. The lowest BCUT2D eigenvalue weighted by Gasteiger charge is -2.59. The van der Waals surface area contributed by atoms with Crippen LogP contribution in [0.4, 0.5) is 16.2 Å². The zero-order valence-electron chi connectivity index (χ0n) is 39.7. The molecule has 3 aliphatic rings. The quantitative estimate of drug-likeness (QED) is 0.0233. The molecule has 7 rings (SSSR count). The first-order valence-electron chi connectivity index (χ1n) is 23.9. The van der Waals surface area contributed by atoms with Crippen molar-refractivity contribution in [1.82, 2.24) is 9.88 Å². The van der Waals surface area contributed by atoms with Gasteiger partial charge in [0.25, 0.3) is 11.4 Å². The van der Waals surface area contributed by atoms with Gasteiger partial charge in [-0.1, -0.05) is 36.2 Å². The summed E-state index contributed by atoms with van der Waals surface area (Å²) >= 11 is 0. The molecule has 1 fully saturated rings. The number of aromatic nitrogens is 1. The van der Waals surface area contributed by atoms with E-state index in [2.05, 4.69) is 17.6 Å². The van der Waals surface area contributed by atoms with Crippen molar-refractivity contribution in [3.05, 3.63) is 152 Å². The molecule has 0 unspecified atom stereocenters. The Bertz CT molecular complexity index is 2520. The maximum absolute atomic E-state index is 14.9. The Hall–Kier alpha value is -6.77. The van der Waals surface area contributed by atoms with E-state index in [0.717, 1.165) is 28.9 Å². The molecule has 3 N–H and O–H groups in total. The average Bonchev–Trinajstić information content (AvgIpc) is 3.36. The molecule has 71 heavy (non-hydrogen) atoms. The van der Waals surface area contributed by atoms with Gasteiger partial charge in [-0.2, -0.15) is 0 Å². The fourth-order valence-electron chi connectivity index (χ4n) is 9.97. The van der Waals surface area contributed by atoms with E-state index >= 15 is 0 Å². The molecule has 3 aromatic carbocycles. The monoisotopic (exact) mass is 979 g/mol. The second kappa shape index (κ2) is 24.9. The number of hydrogen-bond donors (Lipinski definition) is 3. The van der Waals surface area contributed by atoms with Crippen LogP contribution in [0, 0.1) is 44.9 Å². The fraction of sp³-hybridized carbons (Fsp3) is 0.442. The zero-order valence-corrected chi connectivity index (χ0v) is 39.7. The van der Waals surface area contributed by atoms with Gasteiger partial charge in [0.15, 0.2) is 0 Å². The molecule has 1 saturated carbocycles. The lowest BCUT2D eigenvalue weighted by molar-refractivity contribution is -0.385. The number of aliphatic hydroxyl groups excluding tert-OH is 3. The Labute approximate surface area is 411 Å². The number of unbranched alkanes of at least 4 members (excludes halogenated alkanes) is 2. The van der Waals surface area contributed by atoms with Gasteiger partial charge in [-0.05, 0) is 110 Å². The number of nitrogens with zero attached hydrogens (tertiary/aromatic N) is 5. The number of carbonyl (C=O) groups is 1. The number of non-ortho nitro benzene ring substituents is 2. The lowest BCUT2D eigenvalue weighted by Crippen LogP contribution is -2.70. The van der Waals surface area contributed by atoms with Crippen LogP contribution in [0.5, 0.6) is 17.2 Å². The minimum absolute atomic E-state index is 0.00329. The Morgan fingerprint density at radius 1 is 0.901 bits per heavy atom. The van der Waals surface area contributed by atoms with Gasteiger partial charge < -0.3 is 43.8 Å². The largest absolute Gasteiger partial charge is 0.487 e. The van der Waals surface area contributed by atoms with E-state index in [0.29, 0.717) is 54.9 Å². The van der Waals surface area contributed by atoms with Crippen molar-refractivity contribution in [2.45, 2.75) is 82.8 Å². The van der Waals surface area contributed by atoms with Crippen molar-refractivity contribution in [3.8, 4) is 17.2 Å². The Morgan fingerprint density at radius 2 is 1.61 bits per heavy atom. The number of aliphatic hydroxyl groups is 3. The van der Waals surface area contributed by atoms with E-state index in [4.69, 9.17) is 33.7 Å². The molecule has 0 saturated heterocycles. The highest BCUT2D eigenvalue weighted by molar-refractivity contribution is 6.03. The number of nitro groups is 2. The Kier molecular flexibility index (Phi) is 18.2. The van der Waals surface area contributed by atoms with E-state index in [9.17, 15) is 40.3 Å². The first-order valence-corrected chi connectivity index (χ1v) is 23.9. The number of hydrogen-bond acceptors (Lipinski definition) is 16. The summed E-state index contributed by atoms with van der Waals surface area (Å²) in [7, 11) is 0. The van der Waals surface area contributed by atoms with Crippen LogP contribution in [0.3, 0.4) is 0 Å². The zero-order chi connectivity index (χ0) is 50.3. The van der Waals surface area contributed by atoms with Gasteiger partial charge in [-0.3, -0.25) is 30.1 Å². The SMILES string of the molecule is C=CCO[C@@]12Oc3ccc(OCc4cccc(C)n4)cc3[C@H]3[C@H](CCCCO)[C@@H](CCCCO)C=C(C(=NOCc4ccc([N+](=O)[O-])cc4)C[C@@H]1N(CCOCCO)C(=O)Oc1ccc([N+](=O)[O-])cc1)[C@H]32. The highest BCUT2D eigenvalue weighted by atomic mass is 16.7. The molecule has 2 heterocycles. The minimum atomic E-state index is -1.68. The van der Waals surface area contributed by atoms with Crippen LogP contribution < -0.4 is 14.2 Å². The number of benzene rings is 3. The molecule has 0 bridgehead atoms. The molecule has 6 atom stereocenters. The van der Waals surface area contributed by atoms with Crippen molar-refractivity contribution in [2.24, 2.45) is 22.9 Å². The summed E-state index contributed by atoms with van der Waals surface area (Å²) in [5, 5.41) is 57.4. The standard InChI is InChI=1S/C52H61N5O14/c1-3-27-68-52-48(55(23-28-66-29-26-60)51(61)70-41-19-17-40(18-20-41)57(64)65)32-46(54-69-33-36-13-15-39(16-14-36)56(62)63)44-30-37(10-4-6-24-58)43(12-5-7-25-59)49(50(44)52)45-31-42(21-22-47(45)71-52)67-34-38-11-8-9-35(2)53-38/h3,8-9,11,13-22,30-31,37,43,48-50,58-60H,1,4-7,10,12,23-29,32-34H2,2H3/t37-,43+,48-,49+,50+,52+/m0/s1. The van der Waals surface area contributed by atoms with Gasteiger partial charge >= 0.3 is 6.09 Å². The third-order valence-electron chi connectivity index (χ3n) is 13.1. The van der Waals surface area contributed by atoms with Crippen molar-refractivity contribution in [2.75, 3.05) is 46.2 Å². The molecule has 19 nitrogen and oxygen atoms in total. The number of nitro benzene ring substituents is 2. The topological polar surface area (TPSA) is 248 Å². The van der Waals surface area contributed by atoms with Gasteiger partial charge in [-0.25, -0.2) is 4.79 Å². The van der Waals surface area contributed by atoms with Crippen LogP contribution in [0.25, 0.3) is 0 Å². The molecule has 378 valence electrons. The number of amides is 1. The van der Waals surface area contributed by atoms with Gasteiger partial charge in [-0.15, -0.1) is 6.58 Å². The second-order valence-corrected chi connectivity index (χ2v) is 17.7. The predicted molar refractivity (Wildman–Crippen MR) is 260 cm³/mol. The van der Waals surface area contributed by atoms with Gasteiger partial charge in [0, 0.05) is 67.6 Å². The number of rotatable bonds is 26. The molecule has 1 amide bonds. The molecule has 1 aromatic heterocycles. The Balaban J connectivity index is 1.41. The summed E-state index contributed by atoms with van der Waals surface area (Å²) in [4.78, 5) is 49.0. The molecule has 2 aliphatic carbocycles. The lowest BCUT2D eigenvalue weighted by atomic mass is 9.55. The summed E-state index contributed by atoms with van der Waals surface area (Å²) in [6.45, 7) is 5.63. The van der Waals surface area contributed by atoms with E-state index in [1.54, 1.807) is 18.2 Å². The normalized spacial score (nSPS) is 21.5. The molecule has 19 heteroatoms. The third kappa shape index (κ3) is 12.6. The van der Waals surface area contributed by atoms with E-state index in [1.165, 1.54) is 41.3 Å². The molecule has 1 aliphatic heterocycles. The van der Waals surface area contributed by atoms with Gasteiger partial charge in [0.2, 0.25) is 5.79 Å². The molecular weight excluding hydrogens is 919 g/mol. The second-order valence-electron chi connectivity index (χ2n) is 17.7. The number of carbonyl (C=O) groups excluding carboxylic acids is 1. The van der Waals surface area contributed by atoms with Gasteiger partial charge in [0.1, 0.15) is 36.5 Å². The molecular formula is C52H61N5O14. The first-order chi connectivity index (χ1) is 34.5. The minimum Gasteiger partial charge on any atom is -0.487 e. The van der Waals surface area contributed by atoms with E-state index < -0.39 is 39.6 Å². The van der Waals surface area contributed by atoms with Crippen molar-refractivity contribution in [3.63, 3.8) is 0 Å². The average molecular weight is 980 g/mol. The number of oxime groups is 1. The van der Waals surface area contributed by atoms with Crippen LogP contribution >= 0.6 is 0 Å². The van der Waals surface area contributed by atoms with Crippen molar-refractivity contribution >= 4 is 23.2 Å². The highest BCUT2D eigenvalue weighted by Gasteiger charge is 2.65. The van der Waals surface area contributed by atoms with Crippen LogP contribution in [-0.4, -0.2) is 105 Å². The number of ether oxygens (including phenoxy) is 5. The van der Waals surface area contributed by atoms with Crippen LogP contribution in [0.1, 0.15) is 73.4 Å². The third-order valence-corrected chi connectivity index (χ3v) is 13.1. The Morgan fingerprint density at radius 3 is 2.28 bits per heavy atom. The van der Waals surface area contributed by atoms with E-state index in [-0.39, 0.29) is 94.8 Å². The van der Waals surface area contributed by atoms with E-state index in [1.807, 2.05) is 43.3 Å². The number of allylic oxidation sites excluding steroid dienone is 1. The summed E-state index contributed by atoms with van der Waals surface area (Å²) in [6.07, 6.45) is 6.86. The van der Waals surface area contributed by atoms with Gasteiger partial charge in [0.05, 0.1) is 53.6 Å². The fourth-order valence-corrected chi connectivity index (χ4v) is 9.97. The smallest absolute Gasteiger partial charge is 0.415 e. The molecule has 4 aromatic rings. The first kappa shape index (κ1) is 52.1. The summed E-state index contributed by atoms with van der Waals surface area (Å²) in [5.74, 6) is -1.88. The number of pyridine rings is 1. The van der Waals surface area contributed by atoms with Crippen LogP contribution in [0.2, 0.25) is 0 Å². The molecule has 0 spiro atoms. The molecule has 0 radical (unpaired) electrons. The predicted octanol–water partition coefficient (Wildman–Crippen LogP) is 8.13. The highest BCUT2D eigenvalue weighted by Crippen LogP contribution is 2.62. The maximum Gasteiger partial charge on any atom is 0.415 e. The number of fused-ring (bicyclic) bond motifs is 2. The van der Waals surface area contributed by atoms with Crippen molar-refractivity contribution < 1.29 is 58.5 Å². The summed E-state index contributed by atoms with van der Waals surface area (Å²) in [5.41, 5.74) is 4.00.